The topological polar surface area (TPSA) is 96.0 Å². The average Bonchev–Trinajstić information content (AvgIpc) is 2.23. The first-order chi connectivity index (χ1) is 6.63. The van der Waals surface area contributed by atoms with Gasteiger partial charge in [-0.1, -0.05) is 12.1 Å². The van der Waals surface area contributed by atoms with Crippen molar-refractivity contribution in [2.45, 2.75) is 0 Å². The first-order valence-corrected chi connectivity index (χ1v) is 3.90. The summed E-state index contributed by atoms with van der Waals surface area (Å²) in [6.45, 7) is 0. The Morgan fingerprint density at radius 2 is 1.21 bits per heavy atom. The molecule has 0 unspecified atom stereocenters. The molecule has 0 saturated carbocycles. The van der Waals surface area contributed by atoms with Gasteiger partial charge in [0.25, 0.3) is 11.1 Å². The lowest BCUT2D eigenvalue weighted by Gasteiger charge is -2.05. The summed E-state index contributed by atoms with van der Waals surface area (Å²) in [5.41, 5.74) is -0.995. The minimum absolute atomic E-state index is 0.265. The highest BCUT2D eigenvalue weighted by atomic mass is 16.2. The fourth-order valence-electron chi connectivity index (χ4n) is 1.30. The number of hydrogen-bond donors (Lipinski definition) is 2. The summed E-state index contributed by atoms with van der Waals surface area (Å²) in [5.74, 6) is 10.6. The van der Waals surface area contributed by atoms with Crippen LogP contribution in [0, 0.1) is 0 Å². The molecule has 0 aliphatic carbocycles. The smallest absolute Gasteiger partial charge is 0.293 e. The van der Waals surface area contributed by atoms with E-state index >= 15 is 0 Å². The van der Waals surface area contributed by atoms with E-state index in [9.17, 15) is 9.59 Å². The number of rotatable bonds is 0. The minimum atomic E-state index is -0.497. The highest BCUT2D eigenvalue weighted by molar-refractivity contribution is 5.80. The van der Waals surface area contributed by atoms with Gasteiger partial charge in [0.2, 0.25) is 0 Å². The van der Waals surface area contributed by atoms with Crippen LogP contribution < -0.4 is 22.8 Å². The van der Waals surface area contributed by atoms with E-state index in [-0.39, 0.29) is 10.8 Å². The lowest BCUT2D eigenvalue weighted by atomic mass is 10.2. The Morgan fingerprint density at radius 1 is 0.857 bits per heavy atom. The summed E-state index contributed by atoms with van der Waals surface area (Å²) in [5, 5.41) is 0.531. The monoisotopic (exact) mass is 192 g/mol. The Balaban J connectivity index is 3.19. The third kappa shape index (κ3) is 0.905. The molecule has 0 fully saturated rings. The molecule has 72 valence electrons. The van der Waals surface area contributed by atoms with Crippen molar-refractivity contribution in [3.05, 3.63) is 45.0 Å². The molecule has 0 atom stereocenters. The van der Waals surface area contributed by atoms with Crippen molar-refractivity contribution >= 4 is 10.8 Å². The van der Waals surface area contributed by atoms with Gasteiger partial charge in [-0.05, 0) is 12.1 Å². The first-order valence-electron chi connectivity index (χ1n) is 3.90. The maximum atomic E-state index is 11.5. The molecule has 0 saturated heterocycles. The van der Waals surface area contributed by atoms with Crippen molar-refractivity contribution < 1.29 is 0 Å². The SMILES string of the molecule is Nn1c(=O)c2ccccc2c(=O)n1N. The maximum absolute atomic E-state index is 11.5. The fraction of sp³-hybridized carbons (Fsp3) is 0. The van der Waals surface area contributed by atoms with Gasteiger partial charge in [0.15, 0.2) is 0 Å². The number of hydrogen-bond acceptors (Lipinski definition) is 4. The number of nitrogens with two attached hydrogens (primary N) is 2. The summed E-state index contributed by atoms with van der Waals surface area (Å²) in [7, 11) is 0. The molecule has 2 rings (SSSR count). The van der Waals surface area contributed by atoms with Crippen molar-refractivity contribution in [2.24, 2.45) is 0 Å². The van der Waals surface area contributed by atoms with Crippen LogP contribution in [0.2, 0.25) is 0 Å². The molecule has 0 bridgehead atoms. The van der Waals surface area contributed by atoms with Crippen LogP contribution in [0.3, 0.4) is 0 Å². The van der Waals surface area contributed by atoms with Gasteiger partial charge in [-0.15, -0.1) is 9.58 Å². The first kappa shape index (κ1) is 8.36. The Labute approximate surface area is 77.9 Å². The zero-order valence-electron chi connectivity index (χ0n) is 7.18. The summed E-state index contributed by atoms with van der Waals surface area (Å²) in [6.07, 6.45) is 0. The van der Waals surface area contributed by atoms with Crippen LogP contribution in [-0.2, 0) is 0 Å². The van der Waals surface area contributed by atoms with E-state index in [1.165, 1.54) is 12.1 Å². The minimum Gasteiger partial charge on any atom is -0.320 e. The van der Waals surface area contributed by atoms with Crippen molar-refractivity contribution in [2.75, 3.05) is 11.7 Å². The molecule has 14 heavy (non-hydrogen) atoms. The lowest BCUT2D eigenvalue weighted by Crippen LogP contribution is -2.47. The molecule has 0 aliphatic rings. The van der Waals surface area contributed by atoms with Gasteiger partial charge in [-0.2, -0.15) is 0 Å². The van der Waals surface area contributed by atoms with Gasteiger partial charge >= 0.3 is 0 Å². The second-order valence-electron chi connectivity index (χ2n) is 2.85. The molecule has 0 amide bonds. The summed E-state index contributed by atoms with van der Waals surface area (Å²) < 4.78 is 0. The van der Waals surface area contributed by atoms with E-state index in [2.05, 4.69) is 0 Å². The number of benzene rings is 1. The van der Waals surface area contributed by atoms with E-state index in [0.29, 0.717) is 9.58 Å². The van der Waals surface area contributed by atoms with Gasteiger partial charge < -0.3 is 11.7 Å². The number of aromatic nitrogens is 2. The normalized spacial score (nSPS) is 10.6. The second kappa shape index (κ2) is 2.63. The van der Waals surface area contributed by atoms with Gasteiger partial charge in [0, 0.05) is 0 Å². The zero-order chi connectivity index (χ0) is 10.3. The molecular weight excluding hydrogens is 184 g/mol. The number of nitrogen functional groups attached to an aromatic ring is 2. The van der Waals surface area contributed by atoms with Crippen LogP contribution in [0.5, 0.6) is 0 Å². The van der Waals surface area contributed by atoms with Gasteiger partial charge in [0.1, 0.15) is 0 Å². The van der Waals surface area contributed by atoms with Crippen LogP contribution in [0.15, 0.2) is 33.9 Å². The van der Waals surface area contributed by atoms with Crippen LogP contribution in [0.1, 0.15) is 0 Å². The highest BCUT2D eigenvalue weighted by Crippen LogP contribution is 2.01. The molecule has 6 nitrogen and oxygen atoms in total. The fourth-order valence-corrected chi connectivity index (χ4v) is 1.30. The van der Waals surface area contributed by atoms with E-state index in [0.717, 1.165) is 0 Å². The Hall–Kier alpha value is -2.24. The van der Waals surface area contributed by atoms with Crippen molar-refractivity contribution in [1.29, 1.82) is 0 Å². The molecule has 0 spiro atoms. The van der Waals surface area contributed by atoms with E-state index in [4.69, 9.17) is 11.7 Å². The standard InChI is InChI=1S/C8H8N4O2/c9-11-7(13)5-3-1-2-4-6(5)8(14)12(11)10/h1-4H,9-10H2. The number of nitrogens with zero attached hydrogens (tertiary/aromatic N) is 2. The quantitative estimate of drug-likeness (QED) is 0.501. The summed E-state index contributed by atoms with van der Waals surface area (Å²) >= 11 is 0. The van der Waals surface area contributed by atoms with Gasteiger partial charge in [-0.25, -0.2) is 0 Å². The van der Waals surface area contributed by atoms with Crippen LogP contribution in [0.25, 0.3) is 10.8 Å². The average molecular weight is 192 g/mol. The van der Waals surface area contributed by atoms with Crippen molar-refractivity contribution in [3.8, 4) is 0 Å². The predicted molar refractivity (Wildman–Crippen MR) is 52.8 cm³/mol. The van der Waals surface area contributed by atoms with Crippen LogP contribution in [0.4, 0.5) is 0 Å². The predicted octanol–water partition coefficient (Wildman–Crippen LogP) is -1.41. The Morgan fingerprint density at radius 3 is 1.57 bits per heavy atom. The van der Waals surface area contributed by atoms with Gasteiger partial charge in [-0.3, -0.25) is 9.59 Å². The maximum Gasteiger partial charge on any atom is 0.293 e. The van der Waals surface area contributed by atoms with E-state index < -0.39 is 11.1 Å². The number of fused-ring (bicyclic) bond motifs is 1. The largest absolute Gasteiger partial charge is 0.320 e. The van der Waals surface area contributed by atoms with Crippen LogP contribution >= 0.6 is 0 Å². The van der Waals surface area contributed by atoms with E-state index in [1.807, 2.05) is 0 Å². The Kier molecular flexibility index (Phi) is 1.57. The molecule has 1 aromatic heterocycles. The summed E-state index contributed by atoms with van der Waals surface area (Å²) in [4.78, 5) is 24.2. The van der Waals surface area contributed by atoms with Gasteiger partial charge in [0.05, 0.1) is 10.8 Å². The zero-order valence-corrected chi connectivity index (χ0v) is 7.18. The Bertz CT molecular complexity index is 556. The summed E-state index contributed by atoms with van der Waals surface area (Å²) in [6, 6.07) is 6.37. The molecule has 1 aromatic carbocycles. The molecule has 0 radical (unpaired) electrons. The molecule has 1 heterocycles. The molecule has 0 aliphatic heterocycles. The van der Waals surface area contributed by atoms with Crippen molar-refractivity contribution in [1.82, 2.24) is 9.58 Å². The molecule has 2 aromatic rings. The van der Waals surface area contributed by atoms with E-state index in [1.54, 1.807) is 12.1 Å². The van der Waals surface area contributed by atoms with Crippen LogP contribution in [-0.4, -0.2) is 9.58 Å². The molecule has 4 N–H and O–H groups in total. The molecule has 6 heteroatoms. The second-order valence-corrected chi connectivity index (χ2v) is 2.85. The molecular formula is C8H8N4O2. The lowest BCUT2D eigenvalue weighted by molar-refractivity contribution is 0.613. The third-order valence-electron chi connectivity index (χ3n) is 2.04. The van der Waals surface area contributed by atoms with Crippen molar-refractivity contribution in [3.63, 3.8) is 0 Å². The third-order valence-corrected chi connectivity index (χ3v) is 2.04. The highest BCUT2D eigenvalue weighted by Gasteiger charge is 2.07.